The van der Waals surface area contributed by atoms with Crippen molar-refractivity contribution in [1.82, 2.24) is 0 Å². The molecular weight excluding hydrogens is 1280 g/mol. The number of aliphatic hydroxyl groups excluding tert-OH is 6. The molecule has 0 aromatic carbocycles. The quantitative estimate of drug-likeness (QED) is 0.0377. The SMILES string of the molecule is N[C@@H]1[C@@H](OS(=O)(=O)O)[C@H](O[C@@H]2O[C@@H](C(=O)O)[C@@H](O[C@H]3O[C@H](COS(=O)(=O)O)[C@@H](O[C@@H]4O[C@H](C(=O)O)[C@@H](O[C@H]5O[C@H](COS(=O)(=O)O)[C@@H](O)[C@H](O)[C@H]5N)[C@H](O)[C@H]4O)[C@H](OS(=O)(=O)O)[C@H]3N)[C@H](O)[C@H]2OS(=O)(=O)O)[C@@H](COS(=O)(=O)O)O[C@@H]1O. The molecule has 0 amide bonds. The molecule has 0 unspecified atom stereocenters. The van der Waals surface area contributed by atoms with Crippen molar-refractivity contribution in [3.63, 3.8) is 0 Å². The summed E-state index contributed by atoms with van der Waals surface area (Å²) in [5, 5.41) is 85.7. The highest BCUT2D eigenvalue weighted by Gasteiger charge is 2.60. The molecule has 46 nitrogen and oxygen atoms in total. The van der Waals surface area contributed by atoms with E-state index in [2.05, 4.69) is 25.1 Å². The number of nitrogens with two attached hydrogens (primary N) is 3. The number of aliphatic carboxylic acids is 2. The van der Waals surface area contributed by atoms with Crippen molar-refractivity contribution in [3.05, 3.63) is 0 Å². The van der Waals surface area contributed by atoms with Crippen LogP contribution in [0.15, 0.2) is 0 Å². The van der Waals surface area contributed by atoms with Gasteiger partial charge in [-0.2, -0.15) is 50.5 Å². The molecule has 5 aliphatic rings. The van der Waals surface area contributed by atoms with Gasteiger partial charge in [0.1, 0.15) is 85.5 Å². The van der Waals surface area contributed by atoms with E-state index in [4.69, 9.17) is 68.9 Å². The van der Waals surface area contributed by atoms with Crippen LogP contribution >= 0.6 is 0 Å². The van der Waals surface area contributed by atoms with E-state index in [1.165, 1.54) is 0 Å². The van der Waals surface area contributed by atoms with Crippen molar-refractivity contribution < 1.29 is 196 Å². The minimum atomic E-state index is -6.03. The van der Waals surface area contributed by atoms with Crippen molar-refractivity contribution in [1.29, 1.82) is 0 Å². The fraction of sp³-hybridized carbons (Fsp3) is 0.933. The highest BCUT2D eigenvalue weighted by Crippen LogP contribution is 2.38. The van der Waals surface area contributed by atoms with Crippen LogP contribution in [0, 0.1) is 0 Å². The van der Waals surface area contributed by atoms with E-state index in [1.54, 1.807) is 0 Å². The van der Waals surface area contributed by atoms with E-state index in [0.29, 0.717) is 0 Å². The Morgan fingerprint density at radius 1 is 0.354 bits per heavy atom. The molecular formula is C30H51N3O43S6. The Hall–Kier alpha value is -2.56. The number of carboxylic acid groups (broad SMARTS) is 2. The van der Waals surface area contributed by atoms with E-state index in [9.17, 15) is 119 Å². The third kappa shape index (κ3) is 19.0. The zero-order chi connectivity index (χ0) is 62.3. The van der Waals surface area contributed by atoms with Crippen LogP contribution in [0.4, 0.5) is 0 Å². The molecule has 5 rings (SSSR count). The van der Waals surface area contributed by atoms with Gasteiger partial charge in [0, 0.05) is 0 Å². The predicted octanol–water partition coefficient (Wildman–Crippen LogP) is -12.9. The molecule has 0 aromatic rings. The second-order valence-corrected chi connectivity index (χ2v) is 23.8. The summed E-state index contributed by atoms with van der Waals surface area (Å²) >= 11 is 0. The monoisotopic (exact) mass is 1330 g/mol. The normalized spacial score (nSPS) is 41.2. The molecule has 480 valence electrons. The molecule has 0 radical (unpaired) electrons. The molecule has 5 aliphatic heterocycles. The predicted molar refractivity (Wildman–Crippen MR) is 236 cm³/mol. The Kier molecular flexibility index (Phi) is 23.0. The third-order valence-corrected chi connectivity index (χ3v) is 14.4. The number of ether oxygens (including phenoxy) is 9. The first-order chi connectivity index (χ1) is 37.3. The van der Waals surface area contributed by atoms with Gasteiger partial charge in [-0.05, 0) is 0 Å². The second kappa shape index (κ2) is 26.8. The topological polar surface area (TPSA) is 739 Å². The fourth-order valence-electron chi connectivity index (χ4n) is 8.23. The summed E-state index contributed by atoms with van der Waals surface area (Å²) < 4.78 is 272. The fourth-order valence-corrected chi connectivity index (χ4v) is 10.7. The zero-order valence-corrected chi connectivity index (χ0v) is 44.7. The van der Waals surface area contributed by atoms with E-state index >= 15 is 0 Å². The van der Waals surface area contributed by atoms with Gasteiger partial charge in [-0.3, -0.25) is 27.3 Å². The first-order valence-electron chi connectivity index (χ1n) is 21.8. The number of carboxylic acids is 2. The summed E-state index contributed by atoms with van der Waals surface area (Å²) in [5.74, 6) is -4.52. The number of hydrogen-bond acceptors (Lipinski definition) is 38. The summed E-state index contributed by atoms with van der Waals surface area (Å²) in [5.41, 5.74) is 17.7. The zero-order valence-electron chi connectivity index (χ0n) is 39.8. The summed E-state index contributed by atoms with van der Waals surface area (Å²) in [7, 11) is -34.3. The minimum Gasteiger partial charge on any atom is -0.479 e. The van der Waals surface area contributed by atoms with Crippen molar-refractivity contribution in [2.75, 3.05) is 19.8 Å². The van der Waals surface area contributed by atoms with Crippen molar-refractivity contribution in [2.45, 2.75) is 153 Å². The molecule has 5 saturated heterocycles. The van der Waals surface area contributed by atoms with Crippen LogP contribution in [-0.2, 0) is 140 Å². The van der Waals surface area contributed by atoms with Gasteiger partial charge >= 0.3 is 74.3 Å². The lowest BCUT2D eigenvalue weighted by molar-refractivity contribution is -0.371. The smallest absolute Gasteiger partial charge is 0.397 e. The number of carbonyl (C=O) groups is 2. The molecule has 0 spiro atoms. The Labute approximate surface area is 459 Å². The summed E-state index contributed by atoms with van der Waals surface area (Å²) in [6, 6.07) is -6.79. The third-order valence-electron chi connectivity index (χ3n) is 11.7. The Bertz CT molecular complexity index is 2920. The molecule has 82 heavy (non-hydrogen) atoms. The average molecular weight is 1330 g/mol. The van der Waals surface area contributed by atoms with Crippen LogP contribution in [0.3, 0.4) is 0 Å². The molecule has 5 fully saturated rings. The Morgan fingerprint density at radius 3 is 1.15 bits per heavy atom. The van der Waals surface area contributed by atoms with Crippen LogP contribution in [0.25, 0.3) is 0 Å². The molecule has 25 atom stereocenters. The highest BCUT2D eigenvalue weighted by molar-refractivity contribution is 7.82. The van der Waals surface area contributed by atoms with Crippen LogP contribution in [0.5, 0.6) is 0 Å². The second-order valence-electron chi connectivity index (χ2n) is 17.4. The van der Waals surface area contributed by atoms with Crippen molar-refractivity contribution in [3.8, 4) is 0 Å². The van der Waals surface area contributed by atoms with Crippen LogP contribution in [0.2, 0.25) is 0 Å². The van der Waals surface area contributed by atoms with Gasteiger partial charge in [-0.15, -0.1) is 0 Å². The van der Waals surface area contributed by atoms with Gasteiger partial charge < -0.3 is 101 Å². The number of rotatable bonds is 25. The van der Waals surface area contributed by atoms with E-state index in [1.807, 2.05) is 0 Å². The molecule has 0 aliphatic carbocycles. The Morgan fingerprint density at radius 2 is 0.707 bits per heavy atom. The van der Waals surface area contributed by atoms with Crippen molar-refractivity contribution in [2.24, 2.45) is 17.2 Å². The molecule has 20 N–H and O–H groups in total. The average Bonchev–Trinajstić information content (AvgIpc) is 3.23. The van der Waals surface area contributed by atoms with Crippen LogP contribution < -0.4 is 17.2 Å². The van der Waals surface area contributed by atoms with Gasteiger partial charge in [-0.1, -0.05) is 0 Å². The molecule has 5 heterocycles. The van der Waals surface area contributed by atoms with Gasteiger partial charge in [0.2, 0.25) is 0 Å². The lowest BCUT2D eigenvalue weighted by atomic mass is 9.94. The first-order valence-corrected chi connectivity index (χ1v) is 30.0. The molecule has 0 aromatic heterocycles. The lowest BCUT2D eigenvalue weighted by Crippen LogP contribution is -2.70. The number of aliphatic hydroxyl groups is 6. The van der Waals surface area contributed by atoms with Gasteiger partial charge in [0.05, 0.1) is 37.9 Å². The van der Waals surface area contributed by atoms with E-state index < -0.39 is 247 Å². The standard InChI is InChI=1S/C30H51N3O43S6/c31-7-11(35)10(34)4(1-62-77(44,45)46)66-27(7)70-19-12(36)13(37)29(72-22(19)24(39)40)68-16-6(3-64-79(50,51)52)67-28(9(33)18(16)75-81(56,57)58)71-20-14(38)21(76-82(59,60)61)30(73-23(20)25(41)42)69-15-5(2-63-78(47,48)49)65-26(43)8(32)17(15)74-80(53,54)55/h4-23,26-30,34-38,43H,1-3,31-33H2,(H,39,40)(H,41,42)(H,44,45,46)(H,47,48,49)(H,50,51,52)(H,53,54,55)(H,56,57,58)(H,59,60,61)/t4-,5-,6-,7-,8-,9-,10-,11-,12-,13-,14+,15-,16-,17-,18-,19+,20+,21-,22+,23-,26+,27-,28-,29-,30-/m1/s1. The molecule has 0 saturated carbocycles. The summed E-state index contributed by atoms with van der Waals surface area (Å²) in [6.07, 6.45) is -57.7. The lowest BCUT2D eigenvalue weighted by Gasteiger charge is -2.50. The van der Waals surface area contributed by atoms with Gasteiger partial charge in [0.25, 0.3) is 0 Å². The maximum absolute atomic E-state index is 12.8. The maximum atomic E-state index is 12.8. The summed E-state index contributed by atoms with van der Waals surface area (Å²) in [4.78, 5) is 25.4. The summed E-state index contributed by atoms with van der Waals surface area (Å²) in [6.45, 7) is -4.59. The highest BCUT2D eigenvalue weighted by atomic mass is 32.3. The Balaban J connectivity index is 1.50. The van der Waals surface area contributed by atoms with Gasteiger partial charge in [-0.25, -0.2) is 34.7 Å². The van der Waals surface area contributed by atoms with Crippen molar-refractivity contribution >= 4 is 74.3 Å². The van der Waals surface area contributed by atoms with E-state index in [-0.39, 0.29) is 0 Å². The van der Waals surface area contributed by atoms with Crippen LogP contribution in [-0.4, -0.2) is 304 Å². The van der Waals surface area contributed by atoms with E-state index in [0.717, 1.165) is 0 Å². The largest absolute Gasteiger partial charge is 0.479 e. The molecule has 52 heteroatoms. The maximum Gasteiger partial charge on any atom is 0.397 e. The minimum absolute atomic E-state index is 1.27. The molecule has 0 bridgehead atoms. The first kappa shape index (κ1) is 70.2. The van der Waals surface area contributed by atoms with Crippen LogP contribution in [0.1, 0.15) is 0 Å². The number of hydrogen-bond donors (Lipinski definition) is 17. The van der Waals surface area contributed by atoms with Gasteiger partial charge in [0.15, 0.2) is 49.8 Å².